The topological polar surface area (TPSA) is 110 Å². The number of β-amino-alcohol motifs (C(OH)–C–C–N with tert-alkyl or cyclic N) is 1. The normalized spacial score (nSPS) is 22.9. The van der Waals surface area contributed by atoms with Crippen LogP contribution < -0.4 is 10.1 Å². The van der Waals surface area contributed by atoms with Crippen molar-refractivity contribution in [1.29, 1.82) is 0 Å². The molecule has 3 heterocycles. The molecule has 1 aliphatic carbocycles. The number of anilines is 1. The lowest BCUT2D eigenvalue weighted by Gasteiger charge is -2.31. The predicted molar refractivity (Wildman–Crippen MR) is 145 cm³/mol. The summed E-state index contributed by atoms with van der Waals surface area (Å²) in [5.41, 5.74) is 0.970. The van der Waals surface area contributed by atoms with Crippen LogP contribution in [-0.2, 0) is 9.84 Å². The van der Waals surface area contributed by atoms with E-state index in [1.807, 2.05) is 41.1 Å². The van der Waals surface area contributed by atoms with Gasteiger partial charge in [0.1, 0.15) is 21.4 Å². The molecule has 1 aromatic carbocycles. The number of aromatic nitrogens is 3. The highest BCUT2D eigenvalue weighted by atomic mass is 32.2. The van der Waals surface area contributed by atoms with Gasteiger partial charge in [-0.05, 0) is 68.7 Å². The van der Waals surface area contributed by atoms with Gasteiger partial charge in [-0.15, -0.1) is 0 Å². The minimum Gasteiger partial charge on any atom is -0.493 e. The van der Waals surface area contributed by atoms with Crippen molar-refractivity contribution in [1.82, 2.24) is 19.4 Å². The third-order valence-electron chi connectivity index (χ3n) is 7.44. The van der Waals surface area contributed by atoms with Crippen molar-refractivity contribution in [2.24, 2.45) is 5.92 Å². The molecule has 0 amide bonds. The number of aliphatic hydroxyl groups is 1. The summed E-state index contributed by atoms with van der Waals surface area (Å²) in [5, 5.41) is 14.3. The maximum absolute atomic E-state index is 11.4. The van der Waals surface area contributed by atoms with Crippen LogP contribution in [0.4, 0.5) is 5.95 Å². The largest absolute Gasteiger partial charge is 0.493 e. The average molecular weight is 528 g/mol. The molecule has 1 aliphatic heterocycles. The number of hydrogen-bond acceptors (Lipinski definition) is 8. The number of rotatable bonds is 10. The molecule has 200 valence electrons. The fourth-order valence-corrected chi connectivity index (χ4v) is 6.18. The van der Waals surface area contributed by atoms with Crippen molar-refractivity contribution in [3.05, 3.63) is 42.7 Å². The first kappa shape index (κ1) is 25.9. The number of aliphatic hydroxyl groups excluding tert-OH is 1. The van der Waals surface area contributed by atoms with Gasteiger partial charge in [0, 0.05) is 49.7 Å². The summed E-state index contributed by atoms with van der Waals surface area (Å²) >= 11 is 0. The van der Waals surface area contributed by atoms with Crippen LogP contribution in [0.2, 0.25) is 0 Å². The summed E-state index contributed by atoms with van der Waals surface area (Å²) in [5.74, 6) is 2.97. The van der Waals surface area contributed by atoms with Crippen LogP contribution in [0.5, 0.6) is 5.75 Å². The summed E-state index contributed by atoms with van der Waals surface area (Å²) in [7, 11) is -2.99. The zero-order valence-corrected chi connectivity index (χ0v) is 22.2. The molecule has 2 fully saturated rings. The molecule has 3 aromatic rings. The Balaban J connectivity index is 1.20. The summed E-state index contributed by atoms with van der Waals surface area (Å²) < 4.78 is 30.7. The lowest BCUT2D eigenvalue weighted by molar-refractivity contribution is 0.163. The zero-order valence-electron chi connectivity index (χ0n) is 21.4. The van der Waals surface area contributed by atoms with Crippen molar-refractivity contribution in [2.45, 2.75) is 50.7 Å². The van der Waals surface area contributed by atoms with E-state index in [1.54, 1.807) is 6.20 Å². The van der Waals surface area contributed by atoms with Crippen molar-refractivity contribution < 1.29 is 18.3 Å². The number of fused-ring (bicyclic) bond motifs is 1. The minimum atomic E-state index is -2.99. The van der Waals surface area contributed by atoms with Gasteiger partial charge in [0.2, 0.25) is 5.95 Å². The molecule has 2 aliphatic rings. The second kappa shape index (κ2) is 11.4. The Morgan fingerprint density at radius 3 is 2.73 bits per heavy atom. The van der Waals surface area contributed by atoms with Crippen molar-refractivity contribution in [3.63, 3.8) is 0 Å². The number of hydrogen-bond donors (Lipinski definition) is 2. The smallest absolute Gasteiger partial charge is 0.224 e. The molecule has 37 heavy (non-hydrogen) atoms. The van der Waals surface area contributed by atoms with E-state index < -0.39 is 9.84 Å². The molecule has 0 unspecified atom stereocenters. The Kier molecular flexibility index (Phi) is 7.97. The SMILES string of the molecule is CS(=O)(=O)CCCOc1cccc2c1ccn2-c1ccnc(N[C@H]2CC[C@H](CN3CC[C@@H](O)C3)CC2)n1. The Bertz CT molecular complexity index is 1300. The number of benzene rings is 1. The fourth-order valence-electron chi connectivity index (χ4n) is 5.54. The highest BCUT2D eigenvalue weighted by Gasteiger charge is 2.27. The molecule has 0 radical (unpaired) electrons. The molecule has 1 saturated heterocycles. The molecule has 0 spiro atoms. The first-order valence-electron chi connectivity index (χ1n) is 13.2. The third kappa shape index (κ3) is 6.80. The molecule has 10 heteroatoms. The first-order chi connectivity index (χ1) is 17.8. The van der Waals surface area contributed by atoms with Gasteiger partial charge >= 0.3 is 0 Å². The van der Waals surface area contributed by atoms with Gasteiger partial charge in [0.15, 0.2) is 0 Å². The highest BCUT2D eigenvalue weighted by Crippen LogP contribution is 2.30. The molecule has 2 N–H and O–H groups in total. The molecule has 5 rings (SSSR count). The van der Waals surface area contributed by atoms with E-state index >= 15 is 0 Å². The van der Waals surface area contributed by atoms with E-state index in [4.69, 9.17) is 9.72 Å². The van der Waals surface area contributed by atoms with E-state index in [9.17, 15) is 13.5 Å². The minimum absolute atomic E-state index is 0.116. The molecule has 2 aromatic heterocycles. The monoisotopic (exact) mass is 527 g/mol. The van der Waals surface area contributed by atoms with Crippen molar-refractivity contribution in [3.8, 4) is 11.6 Å². The average Bonchev–Trinajstić information content (AvgIpc) is 3.49. The summed E-state index contributed by atoms with van der Waals surface area (Å²) in [6.07, 6.45) is 10.8. The molecular formula is C27H37N5O4S. The van der Waals surface area contributed by atoms with Crippen LogP contribution in [0.25, 0.3) is 16.7 Å². The second-order valence-electron chi connectivity index (χ2n) is 10.5. The number of nitrogens with zero attached hydrogens (tertiary/aromatic N) is 4. The van der Waals surface area contributed by atoms with E-state index in [-0.39, 0.29) is 11.9 Å². The second-order valence-corrected chi connectivity index (χ2v) is 12.8. The number of ether oxygens (including phenoxy) is 1. The van der Waals surface area contributed by atoms with Gasteiger partial charge in [0.25, 0.3) is 0 Å². The molecule has 1 atom stereocenters. The fraction of sp³-hybridized carbons (Fsp3) is 0.556. The first-order valence-corrected chi connectivity index (χ1v) is 15.3. The van der Waals surface area contributed by atoms with E-state index in [2.05, 4.69) is 15.2 Å². The Hall–Kier alpha value is -2.69. The number of likely N-dealkylation sites (tertiary alicyclic amines) is 1. The number of sulfone groups is 1. The van der Waals surface area contributed by atoms with Crippen molar-refractivity contribution in [2.75, 3.05) is 43.6 Å². The molecule has 9 nitrogen and oxygen atoms in total. The van der Waals surface area contributed by atoms with Gasteiger partial charge in [0.05, 0.1) is 24.0 Å². The lowest BCUT2D eigenvalue weighted by atomic mass is 9.86. The molecular weight excluding hydrogens is 490 g/mol. The van der Waals surface area contributed by atoms with E-state index in [1.165, 1.54) is 19.1 Å². The Labute approximate surface area is 218 Å². The van der Waals surface area contributed by atoms with Crippen molar-refractivity contribution >= 4 is 26.7 Å². The summed E-state index contributed by atoms with van der Waals surface area (Å²) in [4.78, 5) is 11.7. The van der Waals surface area contributed by atoms with Gasteiger partial charge in [-0.2, -0.15) is 4.98 Å². The maximum Gasteiger partial charge on any atom is 0.224 e. The van der Waals surface area contributed by atoms with Crippen LogP contribution in [0.1, 0.15) is 38.5 Å². The van der Waals surface area contributed by atoms with Crippen LogP contribution in [0.15, 0.2) is 42.7 Å². The molecule has 0 bridgehead atoms. The zero-order chi connectivity index (χ0) is 25.8. The van der Waals surface area contributed by atoms with E-state index in [0.29, 0.717) is 30.9 Å². The summed E-state index contributed by atoms with van der Waals surface area (Å²) in [6.45, 7) is 3.29. The lowest BCUT2D eigenvalue weighted by Crippen LogP contribution is -2.33. The summed E-state index contributed by atoms with van der Waals surface area (Å²) in [6, 6.07) is 10.1. The molecule has 1 saturated carbocycles. The van der Waals surface area contributed by atoms with Gasteiger partial charge < -0.3 is 24.6 Å². The third-order valence-corrected chi connectivity index (χ3v) is 8.47. The predicted octanol–water partition coefficient (Wildman–Crippen LogP) is 3.27. The standard InChI is InChI=1S/C27H37N5O4S/c1-37(34,35)17-3-16-36-25-5-2-4-24-23(25)12-15-32(24)26-10-13-28-27(30-26)29-21-8-6-20(7-9-21)18-31-14-11-22(33)19-31/h2,4-5,10,12-13,15,20-22,33H,3,6-9,11,14,16-19H2,1H3,(H,28,29,30)/t20-,21-,22-/m1/s1. The van der Waals surface area contributed by atoms with Crippen LogP contribution >= 0.6 is 0 Å². The Morgan fingerprint density at radius 2 is 1.97 bits per heavy atom. The van der Waals surface area contributed by atoms with Gasteiger partial charge in [-0.25, -0.2) is 13.4 Å². The highest BCUT2D eigenvalue weighted by molar-refractivity contribution is 7.90. The quantitative estimate of drug-likeness (QED) is 0.387. The van der Waals surface area contributed by atoms with Crippen LogP contribution in [0, 0.1) is 5.92 Å². The van der Waals surface area contributed by atoms with Crippen LogP contribution in [-0.4, -0.2) is 83.4 Å². The van der Waals surface area contributed by atoms with Gasteiger partial charge in [-0.3, -0.25) is 0 Å². The van der Waals surface area contributed by atoms with Gasteiger partial charge in [-0.1, -0.05) is 6.07 Å². The van der Waals surface area contributed by atoms with E-state index in [0.717, 1.165) is 61.4 Å². The number of nitrogens with one attached hydrogen (secondary N) is 1. The maximum atomic E-state index is 11.4. The van der Waals surface area contributed by atoms with Crippen LogP contribution in [0.3, 0.4) is 0 Å². The Morgan fingerprint density at radius 1 is 1.14 bits per heavy atom.